The first-order valence-electron chi connectivity index (χ1n) is 9.95. The van der Waals surface area contributed by atoms with Gasteiger partial charge in [0, 0.05) is 16.1 Å². The number of halogens is 1. The van der Waals surface area contributed by atoms with Gasteiger partial charge in [-0.2, -0.15) is 5.10 Å². The van der Waals surface area contributed by atoms with Gasteiger partial charge in [-0.25, -0.2) is 5.43 Å². The largest absolute Gasteiger partial charge is 0.497 e. The summed E-state index contributed by atoms with van der Waals surface area (Å²) >= 11 is 6.06. The number of hydrogen-bond acceptors (Lipinski definition) is 5. The first-order valence-corrected chi connectivity index (χ1v) is 10.3. The van der Waals surface area contributed by atoms with Gasteiger partial charge in [-0.05, 0) is 62.2 Å². The van der Waals surface area contributed by atoms with E-state index in [1.165, 1.54) is 6.21 Å². The van der Waals surface area contributed by atoms with Crippen molar-refractivity contribution < 1.29 is 19.1 Å². The Labute approximate surface area is 187 Å². The highest BCUT2D eigenvalue weighted by atomic mass is 35.5. The monoisotopic (exact) mass is 445 g/mol. The molecule has 0 saturated carbocycles. The van der Waals surface area contributed by atoms with Gasteiger partial charge in [0.1, 0.15) is 17.5 Å². The van der Waals surface area contributed by atoms with Crippen LogP contribution in [0.15, 0.2) is 47.6 Å². The van der Waals surface area contributed by atoms with Crippen molar-refractivity contribution in [2.45, 2.75) is 39.8 Å². The summed E-state index contributed by atoms with van der Waals surface area (Å²) in [5, 5.41) is 7.30. The molecule has 7 nitrogen and oxygen atoms in total. The molecule has 0 aliphatic rings. The second kappa shape index (κ2) is 11.4. The van der Waals surface area contributed by atoms with E-state index in [1.54, 1.807) is 49.6 Å². The van der Waals surface area contributed by atoms with E-state index in [9.17, 15) is 9.59 Å². The van der Waals surface area contributed by atoms with Crippen LogP contribution < -0.4 is 20.2 Å². The Bertz CT molecular complexity index is 927. The van der Waals surface area contributed by atoms with Crippen LogP contribution in [0.4, 0.5) is 0 Å². The Morgan fingerprint density at radius 1 is 1.06 bits per heavy atom. The fraction of sp³-hybridized carbons (Fsp3) is 0.348. The number of ether oxygens (including phenoxy) is 2. The minimum atomic E-state index is -0.766. The lowest BCUT2D eigenvalue weighted by Gasteiger charge is -2.20. The molecule has 0 saturated heterocycles. The highest BCUT2D eigenvalue weighted by Crippen LogP contribution is 2.22. The molecule has 0 fully saturated rings. The van der Waals surface area contributed by atoms with E-state index in [2.05, 4.69) is 15.8 Å². The number of rotatable bonds is 9. The molecule has 0 radical (unpaired) electrons. The van der Waals surface area contributed by atoms with Crippen molar-refractivity contribution in [3.8, 4) is 11.5 Å². The van der Waals surface area contributed by atoms with Gasteiger partial charge in [-0.15, -0.1) is 0 Å². The zero-order chi connectivity index (χ0) is 23.0. The molecule has 0 heterocycles. The molecule has 0 spiro atoms. The van der Waals surface area contributed by atoms with Crippen LogP contribution in [-0.4, -0.2) is 37.3 Å². The third-order valence-corrected chi connectivity index (χ3v) is 4.54. The van der Waals surface area contributed by atoms with Crippen LogP contribution in [0, 0.1) is 5.92 Å². The quantitative estimate of drug-likeness (QED) is 0.450. The first kappa shape index (κ1) is 24.2. The molecule has 0 aliphatic carbocycles. The van der Waals surface area contributed by atoms with E-state index in [4.69, 9.17) is 21.1 Å². The predicted molar refractivity (Wildman–Crippen MR) is 122 cm³/mol. The summed E-state index contributed by atoms with van der Waals surface area (Å²) in [6.07, 6.45) is 1.44. The van der Waals surface area contributed by atoms with Gasteiger partial charge in [-0.3, -0.25) is 9.59 Å². The van der Waals surface area contributed by atoms with E-state index in [-0.39, 0.29) is 17.9 Å². The van der Waals surface area contributed by atoms with Crippen molar-refractivity contribution >= 4 is 29.6 Å². The van der Waals surface area contributed by atoms with Gasteiger partial charge in [0.2, 0.25) is 0 Å². The summed E-state index contributed by atoms with van der Waals surface area (Å²) in [7, 11) is 1.55. The number of benzene rings is 2. The van der Waals surface area contributed by atoms with Crippen molar-refractivity contribution in [2.75, 3.05) is 7.11 Å². The maximum atomic E-state index is 12.7. The Morgan fingerprint density at radius 3 is 2.32 bits per heavy atom. The lowest BCUT2D eigenvalue weighted by molar-refractivity contribution is -0.123. The average Bonchev–Trinajstić information content (AvgIpc) is 2.73. The SMILES string of the molecule is COc1ccc(C(=O)NC(C(=O)NN=Cc2cc(Cl)ccc2OC(C)C)C(C)C)cc1. The molecule has 0 aromatic heterocycles. The summed E-state index contributed by atoms with van der Waals surface area (Å²) < 4.78 is 10.8. The third kappa shape index (κ3) is 7.29. The summed E-state index contributed by atoms with van der Waals surface area (Å²) in [4.78, 5) is 25.2. The summed E-state index contributed by atoms with van der Waals surface area (Å²) in [6.45, 7) is 7.51. The Morgan fingerprint density at radius 2 is 1.74 bits per heavy atom. The number of nitrogens with one attached hydrogen (secondary N) is 2. The van der Waals surface area contributed by atoms with Gasteiger partial charge in [-0.1, -0.05) is 25.4 Å². The minimum Gasteiger partial charge on any atom is -0.497 e. The fourth-order valence-electron chi connectivity index (χ4n) is 2.72. The van der Waals surface area contributed by atoms with E-state index >= 15 is 0 Å². The van der Waals surface area contributed by atoms with Crippen molar-refractivity contribution in [1.82, 2.24) is 10.7 Å². The number of hydrogen-bond donors (Lipinski definition) is 2. The minimum absolute atomic E-state index is 0.0265. The topological polar surface area (TPSA) is 89.0 Å². The smallest absolute Gasteiger partial charge is 0.262 e. The standard InChI is InChI=1S/C23H28ClN3O4/c1-14(2)21(26-22(28)16-6-9-19(30-5)10-7-16)23(29)27-25-13-17-12-18(24)8-11-20(17)31-15(3)4/h6-15,21H,1-5H3,(H,26,28)(H,27,29). The second-order valence-corrected chi connectivity index (χ2v) is 7.94. The Kier molecular flexibility index (Phi) is 8.88. The molecule has 2 N–H and O–H groups in total. The van der Waals surface area contributed by atoms with Gasteiger partial charge in [0.25, 0.3) is 11.8 Å². The van der Waals surface area contributed by atoms with Crippen molar-refractivity contribution in [3.05, 3.63) is 58.6 Å². The zero-order valence-electron chi connectivity index (χ0n) is 18.3. The van der Waals surface area contributed by atoms with Crippen molar-refractivity contribution in [3.63, 3.8) is 0 Å². The number of nitrogens with zero attached hydrogens (tertiary/aromatic N) is 1. The van der Waals surface area contributed by atoms with Crippen molar-refractivity contribution in [1.29, 1.82) is 0 Å². The van der Waals surface area contributed by atoms with E-state index in [0.717, 1.165) is 0 Å². The number of amides is 2. The van der Waals surface area contributed by atoms with Gasteiger partial charge < -0.3 is 14.8 Å². The number of carbonyl (C=O) groups is 2. The van der Waals surface area contributed by atoms with E-state index in [0.29, 0.717) is 27.6 Å². The molecule has 1 atom stereocenters. The summed E-state index contributed by atoms with van der Waals surface area (Å²) in [6, 6.07) is 11.0. The predicted octanol–water partition coefficient (Wildman–Crippen LogP) is 4.04. The lowest BCUT2D eigenvalue weighted by Crippen LogP contribution is -2.48. The van der Waals surface area contributed by atoms with Crippen molar-refractivity contribution in [2.24, 2.45) is 11.0 Å². The molecule has 0 bridgehead atoms. The van der Waals surface area contributed by atoms with Crippen LogP contribution in [0.1, 0.15) is 43.6 Å². The number of hydrazone groups is 1. The molecule has 2 amide bonds. The van der Waals surface area contributed by atoms with Gasteiger partial charge in [0.05, 0.1) is 19.4 Å². The molecule has 2 aromatic rings. The number of methoxy groups -OCH3 is 1. The van der Waals surface area contributed by atoms with Gasteiger partial charge >= 0.3 is 0 Å². The normalized spacial score (nSPS) is 12.1. The molecule has 1 unspecified atom stereocenters. The van der Waals surface area contributed by atoms with Crippen LogP contribution in [-0.2, 0) is 4.79 Å². The molecule has 2 aromatic carbocycles. The third-order valence-electron chi connectivity index (χ3n) is 4.30. The second-order valence-electron chi connectivity index (χ2n) is 7.51. The summed E-state index contributed by atoms with van der Waals surface area (Å²) in [5.41, 5.74) is 3.54. The van der Waals surface area contributed by atoms with Crippen LogP contribution in [0.25, 0.3) is 0 Å². The maximum Gasteiger partial charge on any atom is 0.262 e. The summed E-state index contributed by atoms with van der Waals surface area (Å²) in [5.74, 6) is 0.310. The average molecular weight is 446 g/mol. The number of carbonyl (C=O) groups excluding carboxylic acids is 2. The van der Waals surface area contributed by atoms with Crippen LogP contribution >= 0.6 is 11.6 Å². The highest BCUT2D eigenvalue weighted by Gasteiger charge is 2.24. The lowest BCUT2D eigenvalue weighted by atomic mass is 10.0. The molecule has 166 valence electrons. The fourth-order valence-corrected chi connectivity index (χ4v) is 2.90. The van der Waals surface area contributed by atoms with E-state index < -0.39 is 11.9 Å². The Balaban J connectivity index is 2.07. The molecule has 8 heteroatoms. The first-order chi connectivity index (χ1) is 14.7. The molecule has 2 rings (SSSR count). The Hall–Kier alpha value is -3.06. The maximum absolute atomic E-state index is 12.7. The van der Waals surface area contributed by atoms with Gasteiger partial charge in [0.15, 0.2) is 0 Å². The van der Waals surface area contributed by atoms with Crippen LogP contribution in [0.3, 0.4) is 0 Å². The highest BCUT2D eigenvalue weighted by molar-refractivity contribution is 6.30. The van der Waals surface area contributed by atoms with E-state index in [1.807, 2.05) is 27.7 Å². The molecule has 0 aliphatic heterocycles. The van der Waals surface area contributed by atoms with Crippen LogP contribution in [0.2, 0.25) is 5.02 Å². The zero-order valence-corrected chi connectivity index (χ0v) is 19.1. The molecular weight excluding hydrogens is 418 g/mol. The molecular formula is C23H28ClN3O4. The van der Waals surface area contributed by atoms with Crippen LogP contribution in [0.5, 0.6) is 11.5 Å². The molecule has 31 heavy (non-hydrogen) atoms.